The summed E-state index contributed by atoms with van der Waals surface area (Å²) < 4.78 is 66.9. The smallest absolute Gasteiger partial charge is 0.406 e. The molecule has 0 radical (unpaired) electrons. The lowest BCUT2D eigenvalue weighted by atomic mass is 10.0. The molecule has 1 heterocycles. The molecule has 1 aliphatic heterocycles. The van der Waals surface area contributed by atoms with Crippen molar-refractivity contribution in [1.29, 1.82) is 0 Å². The zero-order valence-corrected chi connectivity index (χ0v) is 15.6. The molecule has 0 aliphatic carbocycles. The fourth-order valence-corrected chi connectivity index (χ4v) is 4.11. The molecule has 1 aliphatic rings. The standard InChI is InChI=1S/C17H25F3N2O3S/c1-14-6-2-4-12-22(14)13-5-3-11-21-26(23,24)16-9-7-15(8-10-16)25-17(18,19)20/h7-10,14,21H,2-6,11-13H2,1H3/t14-/m1/s1. The van der Waals surface area contributed by atoms with E-state index in [4.69, 9.17) is 0 Å². The Morgan fingerprint density at radius 2 is 1.88 bits per heavy atom. The first kappa shape index (κ1) is 21.0. The predicted molar refractivity (Wildman–Crippen MR) is 92.4 cm³/mol. The molecule has 0 amide bonds. The Labute approximate surface area is 152 Å². The molecule has 1 N–H and O–H groups in total. The van der Waals surface area contributed by atoms with E-state index >= 15 is 0 Å². The zero-order valence-electron chi connectivity index (χ0n) is 14.8. The molecule has 2 rings (SSSR count). The van der Waals surface area contributed by atoms with Crippen LogP contribution in [0.25, 0.3) is 0 Å². The van der Waals surface area contributed by atoms with E-state index in [1.165, 1.54) is 19.3 Å². The molecule has 26 heavy (non-hydrogen) atoms. The van der Waals surface area contributed by atoms with Gasteiger partial charge in [0.05, 0.1) is 4.90 Å². The van der Waals surface area contributed by atoms with E-state index in [0.29, 0.717) is 19.0 Å². The van der Waals surface area contributed by atoms with Crippen LogP contribution in [-0.4, -0.2) is 45.4 Å². The van der Waals surface area contributed by atoms with Crippen molar-refractivity contribution in [2.24, 2.45) is 0 Å². The van der Waals surface area contributed by atoms with Crippen molar-refractivity contribution in [1.82, 2.24) is 9.62 Å². The molecule has 0 aromatic heterocycles. The van der Waals surface area contributed by atoms with Crippen LogP contribution in [-0.2, 0) is 10.0 Å². The number of sulfonamides is 1. The Hall–Kier alpha value is -1.32. The zero-order chi connectivity index (χ0) is 19.2. The van der Waals surface area contributed by atoms with Gasteiger partial charge in [0.2, 0.25) is 10.0 Å². The van der Waals surface area contributed by atoms with Crippen LogP contribution in [0.5, 0.6) is 5.75 Å². The maximum absolute atomic E-state index is 12.2. The number of nitrogens with zero attached hydrogens (tertiary/aromatic N) is 1. The Balaban J connectivity index is 1.75. The summed E-state index contributed by atoms with van der Waals surface area (Å²) in [5.41, 5.74) is 0. The van der Waals surface area contributed by atoms with Gasteiger partial charge in [-0.1, -0.05) is 6.42 Å². The van der Waals surface area contributed by atoms with Crippen molar-refractivity contribution >= 4 is 10.0 Å². The molecular weight excluding hydrogens is 369 g/mol. The van der Waals surface area contributed by atoms with Crippen LogP contribution in [0.3, 0.4) is 0 Å². The fourth-order valence-electron chi connectivity index (χ4n) is 3.04. The van der Waals surface area contributed by atoms with Gasteiger partial charge in [0.1, 0.15) is 5.75 Å². The number of unbranched alkanes of at least 4 members (excludes halogenated alkanes) is 1. The minimum absolute atomic E-state index is 0.0864. The molecule has 0 unspecified atom stereocenters. The molecule has 9 heteroatoms. The van der Waals surface area contributed by atoms with Crippen molar-refractivity contribution in [3.8, 4) is 5.75 Å². The summed E-state index contributed by atoms with van der Waals surface area (Å²) >= 11 is 0. The van der Waals surface area contributed by atoms with E-state index < -0.39 is 22.1 Å². The molecule has 1 aromatic rings. The van der Waals surface area contributed by atoms with E-state index in [1.54, 1.807) is 0 Å². The first-order chi connectivity index (χ1) is 12.2. The van der Waals surface area contributed by atoms with Crippen LogP contribution in [0.15, 0.2) is 29.2 Å². The topological polar surface area (TPSA) is 58.6 Å². The molecule has 0 bridgehead atoms. The van der Waals surface area contributed by atoms with Gasteiger partial charge in [0.25, 0.3) is 0 Å². The number of benzene rings is 1. The number of halogens is 3. The first-order valence-electron chi connectivity index (χ1n) is 8.77. The number of likely N-dealkylation sites (tertiary alicyclic amines) is 1. The van der Waals surface area contributed by atoms with Gasteiger partial charge in [0.15, 0.2) is 0 Å². The number of hydrogen-bond acceptors (Lipinski definition) is 4. The summed E-state index contributed by atoms with van der Waals surface area (Å²) in [6.07, 6.45) is 0.489. The van der Waals surface area contributed by atoms with Crippen molar-refractivity contribution < 1.29 is 26.3 Å². The number of hydrogen-bond donors (Lipinski definition) is 1. The predicted octanol–water partition coefficient (Wildman–Crippen LogP) is 3.52. The molecular formula is C17H25F3N2O3S. The van der Waals surface area contributed by atoms with Crippen LogP contribution in [0.1, 0.15) is 39.0 Å². The molecule has 1 fully saturated rings. The molecule has 1 atom stereocenters. The van der Waals surface area contributed by atoms with Crippen molar-refractivity contribution in [3.05, 3.63) is 24.3 Å². The highest BCUT2D eigenvalue weighted by Crippen LogP contribution is 2.23. The normalized spacial score (nSPS) is 19.5. The van der Waals surface area contributed by atoms with Gasteiger partial charge < -0.3 is 9.64 Å². The molecule has 0 saturated carbocycles. The van der Waals surface area contributed by atoms with Crippen molar-refractivity contribution in [2.45, 2.75) is 56.3 Å². The fraction of sp³-hybridized carbons (Fsp3) is 0.647. The Morgan fingerprint density at radius 1 is 1.19 bits per heavy atom. The third-order valence-corrected chi connectivity index (χ3v) is 5.95. The highest BCUT2D eigenvalue weighted by Gasteiger charge is 2.31. The third kappa shape index (κ3) is 6.77. The maximum atomic E-state index is 12.2. The first-order valence-corrected chi connectivity index (χ1v) is 10.3. The van der Waals surface area contributed by atoms with Crippen LogP contribution < -0.4 is 9.46 Å². The second-order valence-corrected chi connectivity index (χ2v) is 8.27. The maximum Gasteiger partial charge on any atom is 0.573 e. The van der Waals surface area contributed by atoms with Gasteiger partial charge in [-0.25, -0.2) is 13.1 Å². The average Bonchev–Trinajstić information content (AvgIpc) is 2.55. The minimum atomic E-state index is -4.80. The Kier molecular flexibility index (Phi) is 7.31. The minimum Gasteiger partial charge on any atom is -0.406 e. The largest absolute Gasteiger partial charge is 0.573 e. The van der Waals surface area contributed by atoms with Gasteiger partial charge >= 0.3 is 6.36 Å². The second kappa shape index (κ2) is 9.05. The average molecular weight is 394 g/mol. The van der Waals surface area contributed by atoms with E-state index in [-0.39, 0.29) is 4.90 Å². The van der Waals surface area contributed by atoms with Crippen molar-refractivity contribution in [3.63, 3.8) is 0 Å². The SMILES string of the molecule is C[C@@H]1CCCCN1CCCCNS(=O)(=O)c1ccc(OC(F)(F)F)cc1. The summed E-state index contributed by atoms with van der Waals surface area (Å²) in [4.78, 5) is 2.34. The van der Waals surface area contributed by atoms with E-state index in [1.807, 2.05) is 0 Å². The molecule has 5 nitrogen and oxygen atoms in total. The Morgan fingerprint density at radius 3 is 2.50 bits per heavy atom. The number of ether oxygens (including phenoxy) is 1. The molecule has 1 saturated heterocycles. The summed E-state index contributed by atoms with van der Waals surface area (Å²) in [5, 5.41) is 0. The van der Waals surface area contributed by atoms with Crippen LogP contribution in [0.2, 0.25) is 0 Å². The van der Waals surface area contributed by atoms with Gasteiger partial charge in [-0.2, -0.15) is 0 Å². The van der Waals surface area contributed by atoms with Gasteiger partial charge in [-0.05, 0) is 70.0 Å². The number of rotatable bonds is 8. The quantitative estimate of drug-likeness (QED) is 0.686. The van der Waals surface area contributed by atoms with E-state index in [2.05, 4.69) is 21.3 Å². The van der Waals surface area contributed by atoms with Crippen LogP contribution in [0, 0.1) is 0 Å². The lowest BCUT2D eigenvalue weighted by Gasteiger charge is -2.33. The second-order valence-electron chi connectivity index (χ2n) is 6.50. The Bertz CT molecular complexity index is 663. The molecule has 0 spiro atoms. The monoisotopic (exact) mass is 394 g/mol. The van der Waals surface area contributed by atoms with Crippen molar-refractivity contribution in [2.75, 3.05) is 19.6 Å². The van der Waals surface area contributed by atoms with Gasteiger partial charge in [0, 0.05) is 12.6 Å². The summed E-state index contributed by atoms with van der Waals surface area (Å²) in [6.45, 7) is 4.56. The van der Waals surface area contributed by atoms with E-state index in [0.717, 1.165) is 43.8 Å². The highest BCUT2D eigenvalue weighted by atomic mass is 32.2. The highest BCUT2D eigenvalue weighted by molar-refractivity contribution is 7.89. The summed E-state index contributed by atoms with van der Waals surface area (Å²) in [5.74, 6) is -0.452. The summed E-state index contributed by atoms with van der Waals surface area (Å²) in [6, 6.07) is 4.75. The lowest BCUT2D eigenvalue weighted by molar-refractivity contribution is -0.274. The number of alkyl halides is 3. The third-order valence-electron chi connectivity index (χ3n) is 4.47. The number of nitrogens with one attached hydrogen (secondary N) is 1. The number of piperidine rings is 1. The molecule has 1 aromatic carbocycles. The van der Waals surface area contributed by atoms with Crippen LogP contribution >= 0.6 is 0 Å². The van der Waals surface area contributed by atoms with Gasteiger partial charge in [-0.15, -0.1) is 13.2 Å². The lowest BCUT2D eigenvalue weighted by Crippen LogP contribution is -2.38. The van der Waals surface area contributed by atoms with Crippen LogP contribution in [0.4, 0.5) is 13.2 Å². The summed E-state index contributed by atoms with van der Waals surface area (Å²) in [7, 11) is -3.74. The molecule has 148 valence electrons. The van der Waals surface area contributed by atoms with Gasteiger partial charge in [-0.3, -0.25) is 0 Å². The van der Waals surface area contributed by atoms with E-state index in [9.17, 15) is 21.6 Å².